The first kappa shape index (κ1) is 16.6. The van der Waals surface area contributed by atoms with Gasteiger partial charge in [0.15, 0.2) is 5.69 Å². The highest BCUT2D eigenvalue weighted by atomic mass is 16.2. The molecule has 0 unspecified atom stereocenters. The molecule has 0 N–H and O–H groups in total. The van der Waals surface area contributed by atoms with Gasteiger partial charge in [0.2, 0.25) is 0 Å². The maximum Gasteiger partial charge on any atom is 0.274 e. The summed E-state index contributed by atoms with van der Waals surface area (Å²) in [6.07, 6.45) is 0. The average Bonchev–Trinajstić information content (AvgIpc) is 2.96. The van der Waals surface area contributed by atoms with Crippen LogP contribution in [0.4, 0.5) is 5.69 Å². The first-order chi connectivity index (χ1) is 11.5. The molecule has 1 saturated heterocycles. The molecule has 0 aliphatic carbocycles. The van der Waals surface area contributed by atoms with Crippen LogP contribution in [-0.2, 0) is 0 Å². The van der Waals surface area contributed by atoms with E-state index in [9.17, 15) is 4.79 Å². The van der Waals surface area contributed by atoms with E-state index in [1.54, 1.807) is 0 Å². The standard InChI is InChI=1S/C19H26N4O/c1-14(2)23-16(4)13-18(20-23)19(24)22-10-8-21(9-11-22)17-7-5-6-15(3)12-17/h5-7,12-14H,8-11H2,1-4H3. The van der Waals surface area contributed by atoms with E-state index in [4.69, 9.17) is 0 Å². The number of aryl methyl sites for hydroxylation is 2. The zero-order valence-corrected chi connectivity index (χ0v) is 15.0. The van der Waals surface area contributed by atoms with Gasteiger partial charge >= 0.3 is 0 Å². The third-order valence-corrected chi connectivity index (χ3v) is 4.56. The summed E-state index contributed by atoms with van der Waals surface area (Å²) in [6, 6.07) is 10.7. The molecule has 2 heterocycles. The van der Waals surface area contributed by atoms with Gasteiger partial charge in [-0.05, 0) is 51.5 Å². The van der Waals surface area contributed by atoms with Crippen molar-refractivity contribution >= 4 is 11.6 Å². The fraction of sp³-hybridized carbons (Fsp3) is 0.474. The number of carbonyl (C=O) groups is 1. The molecule has 3 rings (SSSR count). The topological polar surface area (TPSA) is 41.4 Å². The normalized spacial score (nSPS) is 15.2. The fourth-order valence-electron chi connectivity index (χ4n) is 3.27. The Labute approximate surface area is 143 Å². The summed E-state index contributed by atoms with van der Waals surface area (Å²) in [5, 5.41) is 4.49. The van der Waals surface area contributed by atoms with Crippen LogP contribution in [0, 0.1) is 13.8 Å². The van der Waals surface area contributed by atoms with Crippen LogP contribution in [0.1, 0.15) is 41.6 Å². The van der Waals surface area contributed by atoms with Crippen LogP contribution >= 0.6 is 0 Å². The van der Waals surface area contributed by atoms with E-state index < -0.39 is 0 Å². The van der Waals surface area contributed by atoms with Crippen molar-refractivity contribution in [3.8, 4) is 0 Å². The number of aromatic nitrogens is 2. The maximum atomic E-state index is 12.7. The third-order valence-electron chi connectivity index (χ3n) is 4.56. The molecule has 0 spiro atoms. The summed E-state index contributed by atoms with van der Waals surface area (Å²) in [4.78, 5) is 17.0. The minimum atomic E-state index is 0.0430. The molecule has 2 aromatic rings. The van der Waals surface area contributed by atoms with E-state index in [1.807, 2.05) is 22.6 Å². The number of rotatable bonds is 3. The molecule has 1 aliphatic rings. The summed E-state index contributed by atoms with van der Waals surface area (Å²) in [6.45, 7) is 11.5. The SMILES string of the molecule is Cc1cccc(N2CCN(C(=O)c3cc(C)n(C(C)C)n3)CC2)c1. The Balaban J connectivity index is 1.66. The van der Waals surface area contributed by atoms with Crippen molar-refractivity contribution < 1.29 is 4.79 Å². The number of anilines is 1. The van der Waals surface area contributed by atoms with Crippen LogP contribution in [0.5, 0.6) is 0 Å². The number of hydrogen-bond donors (Lipinski definition) is 0. The maximum absolute atomic E-state index is 12.7. The lowest BCUT2D eigenvalue weighted by molar-refractivity contribution is 0.0739. The second kappa shape index (κ2) is 6.67. The van der Waals surface area contributed by atoms with Gasteiger partial charge in [-0.15, -0.1) is 0 Å². The summed E-state index contributed by atoms with van der Waals surface area (Å²) in [5.41, 5.74) is 4.10. The Morgan fingerprint density at radius 1 is 1.08 bits per heavy atom. The third kappa shape index (κ3) is 3.30. The van der Waals surface area contributed by atoms with Crippen molar-refractivity contribution in [2.45, 2.75) is 33.7 Å². The van der Waals surface area contributed by atoms with Gasteiger partial charge in [-0.1, -0.05) is 12.1 Å². The number of hydrogen-bond acceptors (Lipinski definition) is 3. The lowest BCUT2D eigenvalue weighted by Gasteiger charge is -2.36. The highest BCUT2D eigenvalue weighted by Crippen LogP contribution is 2.19. The molecule has 1 fully saturated rings. The van der Waals surface area contributed by atoms with Gasteiger partial charge in [0.25, 0.3) is 5.91 Å². The minimum Gasteiger partial charge on any atom is -0.368 e. The van der Waals surface area contributed by atoms with Crippen molar-refractivity contribution in [2.24, 2.45) is 0 Å². The predicted molar refractivity (Wildman–Crippen MR) is 96.6 cm³/mol. The number of carbonyl (C=O) groups excluding carboxylic acids is 1. The summed E-state index contributed by atoms with van der Waals surface area (Å²) >= 11 is 0. The average molecular weight is 326 g/mol. The molecule has 0 atom stereocenters. The summed E-state index contributed by atoms with van der Waals surface area (Å²) in [5.74, 6) is 0.0430. The number of benzene rings is 1. The fourth-order valence-corrected chi connectivity index (χ4v) is 3.27. The Bertz CT molecular complexity index is 727. The second-order valence-corrected chi connectivity index (χ2v) is 6.83. The first-order valence-corrected chi connectivity index (χ1v) is 8.63. The molecule has 0 saturated carbocycles. The van der Waals surface area contributed by atoms with E-state index in [-0.39, 0.29) is 11.9 Å². The van der Waals surface area contributed by atoms with E-state index in [0.717, 1.165) is 31.9 Å². The van der Waals surface area contributed by atoms with Gasteiger partial charge in [-0.25, -0.2) is 0 Å². The van der Waals surface area contributed by atoms with Gasteiger partial charge < -0.3 is 9.80 Å². The Morgan fingerprint density at radius 2 is 1.79 bits per heavy atom. The van der Waals surface area contributed by atoms with Gasteiger partial charge in [0, 0.05) is 43.6 Å². The lowest BCUT2D eigenvalue weighted by Crippen LogP contribution is -2.49. The molecule has 1 amide bonds. The first-order valence-electron chi connectivity index (χ1n) is 8.63. The molecule has 24 heavy (non-hydrogen) atoms. The monoisotopic (exact) mass is 326 g/mol. The van der Waals surface area contributed by atoms with Crippen molar-refractivity contribution in [3.05, 3.63) is 47.3 Å². The molecule has 1 aromatic carbocycles. The van der Waals surface area contributed by atoms with Crippen LogP contribution in [0.3, 0.4) is 0 Å². The highest BCUT2D eigenvalue weighted by molar-refractivity contribution is 5.92. The second-order valence-electron chi connectivity index (χ2n) is 6.83. The zero-order valence-electron chi connectivity index (χ0n) is 15.0. The van der Waals surface area contributed by atoms with Gasteiger partial charge in [0.05, 0.1) is 0 Å². The Hall–Kier alpha value is -2.30. The van der Waals surface area contributed by atoms with Crippen molar-refractivity contribution in [1.29, 1.82) is 0 Å². The van der Waals surface area contributed by atoms with Crippen molar-refractivity contribution in [1.82, 2.24) is 14.7 Å². The smallest absolute Gasteiger partial charge is 0.274 e. The molecule has 5 heteroatoms. The van der Waals surface area contributed by atoms with E-state index in [2.05, 4.69) is 55.0 Å². The molecule has 0 bridgehead atoms. The van der Waals surface area contributed by atoms with Crippen LogP contribution in [0.15, 0.2) is 30.3 Å². The molecular formula is C19H26N4O. The van der Waals surface area contributed by atoms with E-state index in [1.165, 1.54) is 11.3 Å². The van der Waals surface area contributed by atoms with Gasteiger partial charge in [0.1, 0.15) is 0 Å². The van der Waals surface area contributed by atoms with Crippen molar-refractivity contribution in [2.75, 3.05) is 31.1 Å². The van der Waals surface area contributed by atoms with Crippen LogP contribution in [0.2, 0.25) is 0 Å². The number of piperazine rings is 1. The molecule has 1 aliphatic heterocycles. The molecule has 5 nitrogen and oxygen atoms in total. The van der Waals surface area contributed by atoms with E-state index in [0.29, 0.717) is 5.69 Å². The summed E-state index contributed by atoms with van der Waals surface area (Å²) < 4.78 is 1.91. The largest absolute Gasteiger partial charge is 0.368 e. The molecule has 128 valence electrons. The molecule has 0 radical (unpaired) electrons. The van der Waals surface area contributed by atoms with Crippen LogP contribution in [0.25, 0.3) is 0 Å². The lowest BCUT2D eigenvalue weighted by atomic mass is 10.2. The van der Waals surface area contributed by atoms with Crippen molar-refractivity contribution in [3.63, 3.8) is 0 Å². The number of amides is 1. The molecular weight excluding hydrogens is 300 g/mol. The Kier molecular flexibility index (Phi) is 4.60. The van der Waals surface area contributed by atoms with Gasteiger partial charge in [-0.2, -0.15) is 5.10 Å². The Morgan fingerprint density at radius 3 is 2.38 bits per heavy atom. The molecule has 1 aromatic heterocycles. The van der Waals surface area contributed by atoms with Crippen LogP contribution < -0.4 is 4.90 Å². The quantitative estimate of drug-likeness (QED) is 0.870. The van der Waals surface area contributed by atoms with E-state index >= 15 is 0 Å². The number of nitrogens with zero attached hydrogens (tertiary/aromatic N) is 4. The minimum absolute atomic E-state index is 0.0430. The zero-order chi connectivity index (χ0) is 17.3. The predicted octanol–water partition coefficient (Wildman–Crippen LogP) is 3.04. The van der Waals surface area contributed by atoms with Crippen LogP contribution in [-0.4, -0.2) is 46.8 Å². The van der Waals surface area contributed by atoms with Gasteiger partial charge in [-0.3, -0.25) is 9.48 Å². The highest BCUT2D eigenvalue weighted by Gasteiger charge is 2.24. The summed E-state index contributed by atoms with van der Waals surface area (Å²) in [7, 11) is 0.